The van der Waals surface area contributed by atoms with Gasteiger partial charge < -0.3 is 10.6 Å². The highest BCUT2D eigenvalue weighted by atomic mass is 79.9. The van der Waals surface area contributed by atoms with Crippen LogP contribution >= 0.6 is 27.7 Å². The third-order valence-electron chi connectivity index (χ3n) is 2.70. The SMILES string of the molecule is NC(=NCc1ccccc1Br)N1CCSCC1. The molecule has 1 saturated heterocycles. The maximum Gasteiger partial charge on any atom is 0.191 e. The molecule has 1 aliphatic heterocycles. The maximum absolute atomic E-state index is 6.00. The Morgan fingerprint density at radius 1 is 1.35 bits per heavy atom. The number of benzene rings is 1. The fourth-order valence-corrected chi connectivity index (χ4v) is 3.00. The molecule has 1 aromatic rings. The molecule has 1 aromatic carbocycles. The van der Waals surface area contributed by atoms with Crippen LogP contribution in [0.3, 0.4) is 0 Å². The molecular formula is C12H16BrN3S. The number of halogens is 1. The summed E-state index contributed by atoms with van der Waals surface area (Å²) in [5, 5.41) is 0. The standard InChI is InChI=1S/C12H16BrN3S/c13-11-4-2-1-3-10(11)9-15-12(14)16-5-7-17-8-6-16/h1-4H,5-9H2,(H2,14,15). The summed E-state index contributed by atoms with van der Waals surface area (Å²) >= 11 is 5.49. The van der Waals surface area contributed by atoms with E-state index in [1.807, 2.05) is 30.0 Å². The lowest BCUT2D eigenvalue weighted by Gasteiger charge is -2.27. The van der Waals surface area contributed by atoms with E-state index in [1.165, 1.54) is 5.56 Å². The second-order valence-electron chi connectivity index (χ2n) is 3.87. The number of guanidine groups is 1. The Morgan fingerprint density at radius 3 is 2.76 bits per heavy atom. The highest BCUT2D eigenvalue weighted by Gasteiger charge is 2.11. The summed E-state index contributed by atoms with van der Waals surface area (Å²) in [7, 11) is 0. The van der Waals surface area contributed by atoms with Gasteiger partial charge >= 0.3 is 0 Å². The van der Waals surface area contributed by atoms with Gasteiger partial charge in [-0.1, -0.05) is 34.1 Å². The van der Waals surface area contributed by atoms with E-state index < -0.39 is 0 Å². The smallest absolute Gasteiger partial charge is 0.191 e. The van der Waals surface area contributed by atoms with Gasteiger partial charge in [-0.3, -0.25) is 0 Å². The van der Waals surface area contributed by atoms with Crippen LogP contribution in [-0.4, -0.2) is 35.5 Å². The Bertz CT molecular complexity index is 402. The van der Waals surface area contributed by atoms with Gasteiger partial charge in [0.25, 0.3) is 0 Å². The lowest BCUT2D eigenvalue weighted by molar-refractivity contribution is 0.455. The monoisotopic (exact) mass is 313 g/mol. The van der Waals surface area contributed by atoms with E-state index in [2.05, 4.69) is 31.9 Å². The van der Waals surface area contributed by atoms with Crippen molar-refractivity contribution in [2.75, 3.05) is 24.6 Å². The summed E-state index contributed by atoms with van der Waals surface area (Å²) in [6.07, 6.45) is 0. The number of aliphatic imine (C=N–C) groups is 1. The molecule has 0 spiro atoms. The van der Waals surface area contributed by atoms with E-state index in [0.717, 1.165) is 29.1 Å². The molecule has 3 nitrogen and oxygen atoms in total. The van der Waals surface area contributed by atoms with Crippen molar-refractivity contribution in [2.24, 2.45) is 10.7 Å². The van der Waals surface area contributed by atoms with Crippen LogP contribution in [0.5, 0.6) is 0 Å². The molecule has 1 aliphatic rings. The molecule has 2 rings (SSSR count). The van der Waals surface area contributed by atoms with Crippen LogP contribution in [0.2, 0.25) is 0 Å². The Kier molecular flexibility index (Phi) is 4.74. The van der Waals surface area contributed by atoms with Crippen LogP contribution in [0, 0.1) is 0 Å². The minimum atomic E-state index is 0.636. The van der Waals surface area contributed by atoms with Gasteiger partial charge in [0.2, 0.25) is 0 Å². The zero-order valence-corrected chi connectivity index (χ0v) is 12.0. The second-order valence-corrected chi connectivity index (χ2v) is 5.94. The number of thioether (sulfide) groups is 1. The van der Waals surface area contributed by atoms with Crippen LogP contribution in [-0.2, 0) is 6.54 Å². The molecule has 17 heavy (non-hydrogen) atoms. The first-order chi connectivity index (χ1) is 8.27. The maximum atomic E-state index is 6.00. The fraction of sp³-hybridized carbons (Fsp3) is 0.417. The molecule has 0 aliphatic carbocycles. The van der Waals surface area contributed by atoms with Crippen LogP contribution < -0.4 is 5.73 Å². The summed E-state index contributed by atoms with van der Waals surface area (Å²) in [6.45, 7) is 2.66. The van der Waals surface area contributed by atoms with Crippen LogP contribution in [0.25, 0.3) is 0 Å². The van der Waals surface area contributed by atoms with Crippen LogP contribution in [0.1, 0.15) is 5.56 Å². The molecule has 92 valence electrons. The average Bonchev–Trinajstić information content (AvgIpc) is 2.38. The number of hydrogen-bond acceptors (Lipinski definition) is 2. The normalized spacial score (nSPS) is 17.2. The van der Waals surface area contributed by atoms with Crippen molar-refractivity contribution >= 4 is 33.7 Å². The van der Waals surface area contributed by atoms with Gasteiger partial charge in [-0.05, 0) is 11.6 Å². The zero-order valence-electron chi connectivity index (χ0n) is 9.60. The molecule has 0 unspecified atom stereocenters. The first-order valence-corrected chi connectivity index (χ1v) is 7.58. The number of hydrogen-bond donors (Lipinski definition) is 1. The quantitative estimate of drug-likeness (QED) is 0.673. The number of nitrogens with zero attached hydrogens (tertiary/aromatic N) is 2. The van der Waals surface area contributed by atoms with Gasteiger partial charge in [0, 0.05) is 29.1 Å². The summed E-state index contributed by atoms with van der Waals surface area (Å²) in [6, 6.07) is 8.11. The highest BCUT2D eigenvalue weighted by molar-refractivity contribution is 9.10. The first-order valence-electron chi connectivity index (χ1n) is 5.63. The highest BCUT2D eigenvalue weighted by Crippen LogP contribution is 2.16. The summed E-state index contributed by atoms with van der Waals surface area (Å²) in [4.78, 5) is 6.62. The van der Waals surface area contributed by atoms with E-state index in [-0.39, 0.29) is 0 Å². The van der Waals surface area contributed by atoms with Crippen molar-refractivity contribution in [3.05, 3.63) is 34.3 Å². The molecule has 0 bridgehead atoms. The molecule has 2 N–H and O–H groups in total. The zero-order chi connectivity index (χ0) is 12.1. The van der Waals surface area contributed by atoms with Gasteiger partial charge in [-0.25, -0.2) is 4.99 Å². The number of nitrogens with two attached hydrogens (primary N) is 1. The largest absolute Gasteiger partial charge is 0.370 e. The molecular weight excluding hydrogens is 298 g/mol. The van der Waals surface area contributed by atoms with Gasteiger partial charge in [0.1, 0.15) is 0 Å². The molecule has 0 amide bonds. The van der Waals surface area contributed by atoms with E-state index >= 15 is 0 Å². The van der Waals surface area contributed by atoms with Crippen LogP contribution in [0.4, 0.5) is 0 Å². The van der Waals surface area contributed by atoms with E-state index in [9.17, 15) is 0 Å². The van der Waals surface area contributed by atoms with Crippen molar-refractivity contribution in [3.63, 3.8) is 0 Å². The van der Waals surface area contributed by atoms with E-state index in [1.54, 1.807) is 0 Å². The Labute approximate surface area is 115 Å². The number of rotatable bonds is 2. The van der Waals surface area contributed by atoms with Crippen molar-refractivity contribution < 1.29 is 0 Å². The first kappa shape index (κ1) is 12.8. The van der Waals surface area contributed by atoms with Crippen molar-refractivity contribution in [2.45, 2.75) is 6.54 Å². The van der Waals surface area contributed by atoms with Crippen molar-refractivity contribution in [1.29, 1.82) is 0 Å². The van der Waals surface area contributed by atoms with Crippen molar-refractivity contribution in [1.82, 2.24) is 4.90 Å². The fourth-order valence-electron chi connectivity index (χ4n) is 1.69. The van der Waals surface area contributed by atoms with Gasteiger partial charge in [0.15, 0.2) is 5.96 Å². The molecule has 5 heteroatoms. The summed E-state index contributed by atoms with van der Waals surface area (Å²) in [5.74, 6) is 2.96. The lowest BCUT2D eigenvalue weighted by atomic mass is 10.2. The molecule has 1 heterocycles. The predicted octanol–water partition coefficient (Wildman–Crippen LogP) is 2.31. The van der Waals surface area contributed by atoms with Gasteiger partial charge in [0.05, 0.1) is 6.54 Å². The van der Waals surface area contributed by atoms with Gasteiger partial charge in [-0.2, -0.15) is 11.8 Å². The Morgan fingerprint density at radius 2 is 2.06 bits per heavy atom. The van der Waals surface area contributed by atoms with Crippen molar-refractivity contribution in [3.8, 4) is 0 Å². The Hall–Kier alpha value is -0.680. The molecule has 1 fully saturated rings. The summed E-state index contributed by atoms with van der Waals surface area (Å²) in [5.41, 5.74) is 7.17. The van der Waals surface area contributed by atoms with Gasteiger partial charge in [-0.15, -0.1) is 0 Å². The lowest BCUT2D eigenvalue weighted by Crippen LogP contribution is -2.42. The Balaban J connectivity index is 1.97. The average molecular weight is 314 g/mol. The predicted molar refractivity (Wildman–Crippen MR) is 78.4 cm³/mol. The molecule has 0 aromatic heterocycles. The summed E-state index contributed by atoms with van der Waals surface area (Å²) < 4.78 is 1.09. The topological polar surface area (TPSA) is 41.6 Å². The minimum absolute atomic E-state index is 0.636. The second kappa shape index (κ2) is 6.31. The molecule has 0 radical (unpaired) electrons. The third kappa shape index (κ3) is 3.64. The minimum Gasteiger partial charge on any atom is -0.370 e. The van der Waals surface area contributed by atoms with E-state index in [0.29, 0.717) is 12.5 Å². The molecule has 0 atom stereocenters. The third-order valence-corrected chi connectivity index (χ3v) is 4.42. The molecule has 0 saturated carbocycles. The van der Waals surface area contributed by atoms with E-state index in [4.69, 9.17) is 5.73 Å². The van der Waals surface area contributed by atoms with Crippen LogP contribution in [0.15, 0.2) is 33.7 Å².